The minimum Gasteiger partial charge on any atom is -0.462 e. The third-order valence-electron chi connectivity index (χ3n) is 11.6. The lowest BCUT2D eigenvalue weighted by atomic mass is 9.47. The summed E-state index contributed by atoms with van der Waals surface area (Å²) < 4.78 is 5.64. The largest absolute Gasteiger partial charge is 0.462 e. The molecule has 3 saturated carbocycles. The fourth-order valence-electron chi connectivity index (χ4n) is 9.68. The van der Waals surface area contributed by atoms with Gasteiger partial charge in [0, 0.05) is 23.0 Å². The quantitative estimate of drug-likeness (QED) is 0.162. The molecule has 11 atom stereocenters. The van der Waals surface area contributed by atoms with Crippen LogP contribution in [0.3, 0.4) is 0 Å². The number of hydrogen-bond acceptors (Lipinski definition) is 2. The van der Waals surface area contributed by atoms with Gasteiger partial charge in [-0.3, -0.25) is 4.79 Å². The molecule has 0 heterocycles. The van der Waals surface area contributed by atoms with Crippen molar-refractivity contribution in [3.8, 4) is 0 Å². The van der Waals surface area contributed by atoms with Crippen LogP contribution in [0.5, 0.6) is 0 Å². The first kappa shape index (κ1) is 28.2. The fraction of sp³-hybridized carbons (Fsp3) is 0.903. The molecule has 0 bridgehead atoms. The van der Waals surface area contributed by atoms with E-state index in [1.165, 1.54) is 44.9 Å². The Morgan fingerprint density at radius 1 is 1.06 bits per heavy atom. The lowest BCUT2D eigenvalue weighted by Gasteiger charge is -2.58. The topological polar surface area (TPSA) is 26.3 Å². The highest BCUT2D eigenvalue weighted by atomic mass is 79.9. The van der Waals surface area contributed by atoms with Gasteiger partial charge in [0.15, 0.2) is 0 Å². The Bertz CT molecular complexity index is 808. The molecule has 4 heteroatoms. The van der Waals surface area contributed by atoms with Crippen LogP contribution in [0.4, 0.5) is 0 Å². The number of rotatable bonds is 7. The summed E-state index contributed by atoms with van der Waals surface area (Å²) in [6.07, 6.45) is 13.9. The van der Waals surface area contributed by atoms with Crippen molar-refractivity contribution in [1.82, 2.24) is 0 Å². The van der Waals surface area contributed by atoms with Crippen molar-refractivity contribution < 1.29 is 9.53 Å². The second-order valence-corrected chi connectivity index (χ2v) is 15.6. The molecule has 4 aliphatic carbocycles. The molecule has 0 amide bonds. The monoisotopic (exact) mass is 612 g/mol. The predicted octanol–water partition coefficient (Wildman–Crippen LogP) is 9.34. The van der Waals surface area contributed by atoms with Crippen molar-refractivity contribution in [3.05, 3.63) is 11.6 Å². The molecule has 0 unspecified atom stereocenters. The highest BCUT2D eigenvalue weighted by Gasteiger charge is 2.60. The van der Waals surface area contributed by atoms with E-state index in [2.05, 4.69) is 79.5 Å². The molecule has 35 heavy (non-hydrogen) atoms. The molecule has 0 saturated heterocycles. The number of carbonyl (C=O) groups is 1. The van der Waals surface area contributed by atoms with Gasteiger partial charge in [-0.2, -0.15) is 0 Å². The Balaban J connectivity index is 1.50. The molecular formula is C31H50Br2O2. The van der Waals surface area contributed by atoms with Crippen molar-refractivity contribution in [1.29, 1.82) is 0 Å². The van der Waals surface area contributed by atoms with E-state index in [9.17, 15) is 4.79 Å². The zero-order chi connectivity index (χ0) is 25.7. The van der Waals surface area contributed by atoms with E-state index < -0.39 is 0 Å². The molecule has 0 aliphatic heterocycles. The fourth-order valence-corrected chi connectivity index (χ4v) is 11.9. The van der Waals surface area contributed by atoms with Gasteiger partial charge in [0.05, 0.1) is 0 Å². The number of halogens is 2. The molecule has 0 radical (unpaired) electrons. The minimum absolute atomic E-state index is 0.0970. The van der Waals surface area contributed by atoms with Gasteiger partial charge in [0.1, 0.15) is 6.10 Å². The van der Waals surface area contributed by atoms with Crippen LogP contribution in [0.2, 0.25) is 0 Å². The second kappa shape index (κ2) is 10.7. The van der Waals surface area contributed by atoms with E-state index in [1.807, 2.05) is 0 Å². The van der Waals surface area contributed by atoms with E-state index in [4.69, 9.17) is 4.74 Å². The van der Waals surface area contributed by atoms with E-state index in [1.54, 1.807) is 12.5 Å². The molecule has 3 fully saturated rings. The van der Waals surface area contributed by atoms with Crippen LogP contribution in [0.25, 0.3) is 0 Å². The first-order valence-corrected chi connectivity index (χ1v) is 16.4. The van der Waals surface area contributed by atoms with Crippen molar-refractivity contribution in [2.75, 3.05) is 0 Å². The van der Waals surface area contributed by atoms with Gasteiger partial charge < -0.3 is 4.74 Å². The second-order valence-electron chi connectivity index (χ2n) is 13.5. The summed E-state index contributed by atoms with van der Waals surface area (Å²) in [5.41, 5.74) is 2.38. The number of hydrogen-bond donors (Lipinski definition) is 0. The van der Waals surface area contributed by atoms with Crippen LogP contribution in [0.15, 0.2) is 11.6 Å². The van der Waals surface area contributed by atoms with Gasteiger partial charge >= 0.3 is 5.97 Å². The van der Waals surface area contributed by atoms with Gasteiger partial charge in [-0.05, 0) is 97.2 Å². The van der Waals surface area contributed by atoms with Crippen LogP contribution in [-0.2, 0) is 9.53 Å². The smallest absolute Gasteiger partial charge is 0.302 e. The zero-order valence-corrected chi connectivity index (χ0v) is 26.5. The molecule has 0 spiro atoms. The summed E-state index contributed by atoms with van der Waals surface area (Å²) in [5.74, 6) is 5.28. The molecular weight excluding hydrogens is 564 g/mol. The standard InChI is InChI=1S/C31H50Br2O2/c1-8-23(18(2)3)29(33)28(32)19(4)25-11-12-26-24-10-9-21-17-22(35-20(5)34)13-15-30(21,6)27(24)14-16-31(25,26)7/h9,18-19,22-29H,8,10-17H2,1-7H3/t19-,22-,23-,24-,25+,26-,27-,28+,29-,30-,31+/m0/s1. The van der Waals surface area contributed by atoms with Crippen LogP contribution in [0.1, 0.15) is 106 Å². The predicted molar refractivity (Wildman–Crippen MR) is 154 cm³/mol. The van der Waals surface area contributed by atoms with Crippen LogP contribution in [0, 0.1) is 52.3 Å². The van der Waals surface area contributed by atoms with Crippen LogP contribution in [-0.4, -0.2) is 21.7 Å². The van der Waals surface area contributed by atoms with Crippen molar-refractivity contribution >= 4 is 37.8 Å². The van der Waals surface area contributed by atoms with E-state index in [-0.39, 0.29) is 12.1 Å². The van der Waals surface area contributed by atoms with Crippen LogP contribution >= 0.6 is 31.9 Å². The van der Waals surface area contributed by atoms with Crippen molar-refractivity contribution in [2.45, 2.75) is 122 Å². The Morgan fingerprint density at radius 3 is 2.40 bits per heavy atom. The van der Waals surface area contributed by atoms with Gasteiger partial charge in [-0.1, -0.05) is 91.5 Å². The molecule has 0 aromatic carbocycles. The molecule has 0 N–H and O–H groups in total. The Kier molecular flexibility index (Phi) is 8.65. The van der Waals surface area contributed by atoms with E-state index in [0.29, 0.717) is 38.2 Å². The van der Waals surface area contributed by atoms with Crippen molar-refractivity contribution in [2.24, 2.45) is 52.3 Å². The number of carbonyl (C=O) groups excluding carboxylic acids is 1. The maximum atomic E-state index is 11.6. The first-order valence-electron chi connectivity index (χ1n) is 14.6. The summed E-state index contributed by atoms with van der Waals surface area (Å²) in [7, 11) is 0. The number of ether oxygens (including phenoxy) is 1. The van der Waals surface area contributed by atoms with Gasteiger partial charge in [-0.25, -0.2) is 0 Å². The number of alkyl halides is 2. The number of esters is 1. The summed E-state index contributed by atoms with van der Waals surface area (Å²) in [6.45, 7) is 16.4. The average molecular weight is 615 g/mol. The van der Waals surface area contributed by atoms with Crippen LogP contribution < -0.4 is 0 Å². The molecule has 0 aromatic rings. The van der Waals surface area contributed by atoms with Crippen molar-refractivity contribution in [3.63, 3.8) is 0 Å². The maximum Gasteiger partial charge on any atom is 0.302 e. The highest BCUT2D eigenvalue weighted by Crippen LogP contribution is 2.67. The third-order valence-corrected chi connectivity index (χ3v) is 15.0. The SMILES string of the molecule is CC[C@@H](C(C)C)[C@H](Br)[C@H](Br)[C@@H](C)[C@H]1CC[C@H]2[C@@H]3CC=C4C[C@@H](OC(C)=O)CC[C@]4(C)[C@H]3CC[C@]12C. The third kappa shape index (κ3) is 4.99. The normalized spacial score (nSPS) is 42.2. The molecule has 2 nitrogen and oxygen atoms in total. The number of fused-ring (bicyclic) bond motifs is 5. The molecule has 4 aliphatic rings. The van der Waals surface area contributed by atoms with Gasteiger partial charge in [0.25, 0.3) is 0 Å². The Labute approximate surface area is 232 Å². The Hall–Kier alpha value is 0.170. The minimum atomic E-state index is -0.123. The molecule has 0 aromatic heterocycles. The van der Waals surface area contributed by atoms with Gasteiger partial charge in [0.2, 0.25) is 0 Å². The Morgan fingerprint density at radius 2 is 1.77 bits per heavy atom. The lowest BCUT2D eigenvalue weighted by Crippen LogP contribution is -2.51. The highest BCUT2D eigenvalue weighted by molar-refractivity contribution is 9.12. The zero-order valence-electron chi connectivity index (χ0n) is 23.3. The van der Waals surface area contributed by atoms with E-state index in [0.717, 1.165) is 36.5 Å². The van der Waals surface area contributed by atoms with Gasteiger partial charge in [-0.15, -0.1) is 0 Å². The summed E-state index contributed by atoms with van der Waals surface area (Å²) in [4.78, 5) is 12.6. The molecule has 200 valence electrons. The van der Waals surface area contributed by atoms with E-state index >= 15 is 0 Å². The number of allylic oxidation sites excluding steroid dienone is 1. The summed E-state index contributed by atoms with van der Waals surface area (Å²) >= 11 is 8.38. The molecule has 4 rings (SSSR count). The summed E-state index contributed by atoms with van der Waals surface area (Å²) in [6, 6.07) is 0. The maximum absolute atomic E-state index is 11.6. The average Bonchev–Trinajstić information content (AvgIpc) is 3.15. The first-order chi connectivity index (χ1) is 16.4. The summed E-state index contributed by atoms with van der Waals surface area (Å²) in [5, 5.41) is 0. The lowest BCUT2D eigenvalue weighted by molar-refractivity contribution is -0.148.